The molecular formula is C20H18F2N4O. The van der Waals surface area contributed by atoms with E-state index in [-0.39, 0.29) is 11.6 Å². The number of aromatic nitrogens is 2. The van der Waals surface area contributed by atoms with Crippen molar-refractivity contribution in [3.8, 4) is 0 Å². The zero-order valence-corrected chi connectivity index (χ0v) is 14.9. The van der Waals surface area contributed by atoms with Crippen molar-refractivity contribution < 1.29 is 13.6 Å². The summed E-state index contributed by atoms with van der Waals surface area (Å²) in [6.07, 6.45) is 0.780. The Balaban J connectivity index is 1.84. The Labute approximate surface area is 155 Å². The number of aryl methyl sites for hydroxylation is 2. The van der Waals surface area contributed by atoms with E-state index < -0.39 is 11.6 Å². The molecule has 2 aromatic carbocycles. The molecular weight excluding hydrogens is 350 g/mol. The number of halogens is 2. The molecule has 0 saturated heterocycles. The number of nitrogens with zero attached hydrogens (tertiary/aromatic N) is 2. The molecule has 0 fully saturated rings. The molecule has 5 nitrogen and oxygen atoms in total. The predicted molar refractivity (Wildman–Crippen MR) is 100 cm³/mol. The molecule has 0 bridgehead atoms. The fourth-order valence-corrected chi connectivity index (χ4v) is 2.61. The average molecular weight is 368 g/mol. The van der Waals surface area contributed by atoms with Crippen LogP contribution >= 0.6 is 0 Å². The minimum Gasteiger partial charge on any atom is -0.340 e. The van der Waals surface area contributed by atoms with Crippen LogP contribution in [0.5, 0.6) is 0 Å². The van der Waals surface area contributed by atoms with Crippen LogP contribution in [0.4, 0.5) is 26.0 Å². The van der Waals surface area contributed by atoms with Crippen LogP contribution in [0.25, 0.3) is 0 Å². The monoisotopic (exact) mass is 368 g/mol. The van der Waals surface area contributed by atoms with E-state index in [0.29, 0.717) is 17.3 Å². The van der Waals surface area contributed by atoms with Gasteiger partial charge in [-0.05, 0) is 37.1 Å². The molecule has 0 radical (unpaired) electrons. The van der Waals surface area contributed by atoms with Crippen molar-refractivity contribution in [2.45, 2.75) is 20.3 Å². The molecule has 0 saturated carbocycles. The van der Waals surface area contributed by atoms with Gasteiger partial charge in [-0.25, -0.2) is 18.7 Å². The minimum atomic E-state index is -0.972. The molecule has 27 heavy (non-hydrogen) atoms. The van der Waals surface area contributed by atoms with Crippen LogP contribution in [0, 0.1) is 18.6 Å². The third kappa shape index (κ3) is 4.44. The largest absolute Gasteiger partial charge is 0.340 e. The molecule has 1 amide bonds. The second-order valence-electron chi connectivity index (χ2n) is 5.90. The van der Waals surface area contributed by atoms with E-state index in [4.69, 9.17) is 0 Å². The van der Waals surface area contributed by atoms with Gasteiger partial charge in [-0.1, -0.05) is 25.1 Å². The fourth-order valence-electron chi connectivity index (χ4n) is 2.61. The van der Waals surface area contributed by atoms with Crippen LogP contribution in [-0.2, 0) is 6.42 Å². The first kappa shape index (κ1) is 18.4. The average Bonchev–Trinajstić information content (AvgIpc) is 2.64. The Morgan fingerprint density at radius 1 is 1.04 bits per heavy atom. The highest BCUT2D eigenvalue weighted by Gasteiger charge is 2.13. The number of rotatable bonds is 5. The Kier molecular flexibility index (Phi) is 5.40. The second kappa shape index (κ2) is 7.90. The molecule has 1 aromatic heterocycles. The van der Waals surface area contributed by atoms with Gasteiger partial charge in [-0.3, -0.25) is 4.79 Å². The van der Waals surface area contributed by atoms with Gasteiger partial charge in [0.1, 0.15) is 17.3 Å². The number of carbonyl (C=O) groups is 1. The topological polar surface area (TPSA) is 66.9 Å². The van der Waals surface area contributed by atoms with Crippen molar-refractivity contribution >= 4 is 23.1 Å². The van der Waals surface area contributed by atoms with Crippen LogP contribution in [0.3, 0.4) is 0 Å². The number of nitrogens with one attached hydrogen (secondary N) is 2. The molecule has 7 heteroatoms. The normalized spacial score (nSPS) is 10.5. The van der Waals surface area contributed by atoms with E-state index in [9.17, 15) is 13.6 Å². The van der Waals surface area contributed by atoms with Gasteiger partial charge < -0.3 is 10.6 Å². The second-order valence-corrected chi connectivity index (χ2v) is 5.90. The minimum absolute atomic E-state index is 0.165. The Hall–Kier alpha value is -3.35. The van der Waals surface area contributed by atoms with Crippen molar-refractivity contribution in [3.05, 3.63) is 77.2 Å². The number of hydrogen-bond donors (Lipinski definition) is 2. The summed E-state index contributed by atoms with van der Waals surface area (Å²) in [5, 5.41) is 5.70. The molecule has 0 unspecified atom stereocenters. The first-order valence-corrected chi connectivity index (χ1v) is 8.43. The Morgan fingerprint density at radius 3 is 2.56 bits per heavy atom. The van der Waals surface area contributed by atoms with Gasteiger partial charge in [-0.2, -0.15) is 0 Å². The molecule has 138 valence electrons. The van der Waals surface area contributed by atoms with E-state index in [1.54, 1.807) is 6.92 Å². The maximum absolute atomic E-state index is 13.4. The number of benzene rings is 2. The summed E-state index contributed by atoms with van der Waals surface area (Å²) in [5.41, 5.74) is 2.21. The van der Waals surface area contributed by atoms with Gasteiger partial charge in [0.2, 0.25) is 0 Å². The first-order valence-electron chi connectivity index (χ1n) is 8.43. The summed E-state index contributed by atoms with van der Waals surface area (Å²) in [4.78, 5) is 20.9. The predicted octanol–water partition coefficient (Wildman–Crippen LogP) is 4.62. The lowest BCUT2D eigenvalue weighted by atomic mass is 10.1. The molecule has 3 aromatic rings. The third-order valence-electron chi connectivity index (χ3n) is 3.91. The number of anilines is 3. The molecule has 0 aliphatic heterocycles. The number of para-hydroxylation sites is 1. The van der Waals surface area contributed by atoms with Crippen molar-refractivity contribution in [1.29, 1.82) is 0 Å². The summed E-state index contributed by atoms with van der Waals surface area (Å²) >= 11 is 0. The summed E-state index contributed by atoms with van der Waals surface area (Å²) < 4.78 is 26.4. The smallest absolute Gasteiger partial charge is 0.274 e. The van der Waals surface area contributed by atoms with E-state index in [2.05, 4.69) is 20.6 Å². The van der Waals surface area contributed by atoms with Gasteiger partial charge in [-0.15, -0.1) is 0 Å². The zero-order valence-electron chi connectivity index (χ0n) is 14.9. The van der Waals surface area contributed by atoms with Crippen molar-refractivity contribution in [2.75, 3.05) is 10.6 Å². The van der Waals surface area contributed by atoms with E-state index in [1.807, 2.05) is 31.2 Å². The highest BCUT2D eigenvalue weighted by atomic mass is 19.2. The summed E-state index contributed by atoms with van der Waals surface area (Å²) in [6.45, 7) is 3.65. The van der Waals surface area contributed by atoms with E-state index >= 15 is 0 Å². The number of carbonyl (C=O) groups excluding carboxylic acids is 1. The first-order chi connectivity index (χ1) is 13.0. The lowest BCUT2D eigenvalue weighted by Crippen LogP contribution is -2.16. The highest BCUT2D eigenvalue weighted by Crippen LogP contribution is 2.20. The van der Waals surface area contributed by atoms with Crippen molar-refractivity contribution in [1.82, 2.24) is 9.97 Å². The SMILES string of the molecule is CCc1ccccc1NC(=O)c1cc(Nc2ccc(F)c(F)c2)nc(C)n1. The van der Waals surface area contributed by atoms with E-state index in [0.717, 1.165) is 29.8 Å². The van der Waals surface area contributed by atoms with Gasteiger partial charge in [0, 0.05) is 23.5 Å². The lowest BCUT2D eigenvalue weighted by Gasteiger charge is -2.11. The molecule has 3 rings (SSSR count). The van der Waals surface area contributed by atoms with Gasteiger partial charge >= 0.3 is 0 Å². The van der Waals surface area contributed by atoms with Crippen molar-refractivity contribution in [2.24, 2.45) is 0 Å². The Morgan fingerprint density at radius 2 is 1.81 bits per heavy atom. The van der Waals surface area contributed by atoms with Crippen LogP contribution in [-0.4, -0.2) is 15.9 Å². The van der Waals surface area contributed by atoms with Crippen LogP contribution in [0.2, 0.25) is 0 Å². The molecule has 0 aliphatic rings. The van der Waals surface area contributed by atoms with Crippen LogP contribution in [0.1, 0.15) is 28.8 Å². The highest BCUT2D eigenvalue weighted by molar-refractivity contribution is 6.03. The molecule has 1 heterocycles. The van der Waals surface area contributed by atoms with Gasteiger partial charge in [0.15, 0.2) is 11.6 Å². The Bertz CT molecular complexity index is 991. The van der Waals surface area contributed by atoms with Gasteiger partial charge in [0.05, 0.1) is 0 Å². The third-order valence-corrected chi connectivity index (χ3v) is 3.91. The number of amides is 1. The molecule has 2 N–H and O–H groups in total. The summed E-state index contributed by atoms with van der Waals surface area (Å²) in [7, 11) is 0. The van der Waals surface area contributed by atoms with Crippen LogP contribution < -0.4 is 10.6 Å². The fraction of sp³-hybridized carbons (Fsp3) is 0.150. The van der Waals surface area contributed by atoms with Crippen molar-refractivity contribution in [3.63, 3.8) is 0 Å². The molecule has 0 spiro atoms. The summed E-state index contributed by atoms with van der Waals surface area (Å²) in [5.74, 6) is -1.61. The molecule has 0 aliphatic carbocycles. The van der Waals surface area contributed by atoms with Gasteiger partial charge in [0.25, 0.3) is 5.91 Å². The molecule has 0 atom stereocenters. The number of hydrogen-bond acceptors (Lipinski definition) is 4. The maximum atomic E-state index is 13.4. The standard InChI is InChI=1S/C20H18F2N4O/c1-3-13-6-4-5-7-17(13)26-20(27)18-11-19(24-12(2)23-18)25-14-8-9-15(21)16(22)10-14/h4-11H,3H2,1-2H3,(H,26,27)(H,23,24,25). The van der Waals surface area contributed by atoms with Crippen LogP contribution in [0.15, 0.2) is 48.5 Å². The van der Waals surface area contributed by atoms with E-state index in [1.165, 1.54) is 12.1 Å². The maximum Gasteiger partial charge on any atom is 0.274 e. The quantitative estimate of drug-likeness (QED) is 0.689. The summed E-state index contributed by atoms with van der Waals surface area (Å²) in [6, 6.07) is 12.4. The lowest BCUT2D eigenvalue weighted by molar-refractivity contribution is 0.102. The zero-order chi connectivity index (χ0) is 19.4.